The maximum absolute atomic E-state index is 2.66. The quantitative estimate of drug-likeness (QED) is 0.164. The molecule has 1 aromatic heterocycles. The van der Waals surface area contributed by atoms with E-state index in [4.69, 9.17) is 0 Å². The van der Waals surface area contributed by atoms with Crippen LogP contribution in [0.3, 0.4) is 0 Å². The standard InChI is InChI=1S/C59H65BN2S/c1-36-30-49-52-50(31-36)62(47-27-23-39(56(5,6)7)32-42(47)37-18-16-15-17-19-37)48-33-40(57(8,9)10)22-26-46(48)60(52)54-53(61(49)41-24-20-38(21-25-41)55(2,3)4)43-34-44-45(35-51(43)63-54)59(13,14)29-28-58(44,11)12/h15-27,30-35H,28-29H2,1-14H3. The van der Waals surface area contributed by atoms with Gasteiger partial charge in [-0.15, -0.1) is 11.3 Å². The van der Waals surface area contributed by atoms with E-state index in [-0.39, 0.29) is 33.8 Å². The molecule has 0 fully saturated rings. The number of hydrogen-bond acceptors (Lipinski definition) is 3. The molecule has 0 saturated carbocycles. The lowest BCUT2D eigenvalue weighted by atomic mass is 9.36. The highest BCUT2D eigenvalue weighted by Crippen LogP contribution is 2.53. The van der Waals surface area contributed by atoms with Crippen molar-refractivity contribution in [2.45, 2.75) is 137 Å². The molecule has 0 spiro atoms. The second-order valence-electron chi connectivity index (χ2n) is 23.5. The van der Waals surface area contributed by atoms with Gasteiger partial charge >= 0.3 is 0 Å². The van der Waals surface area contributed by atoms with E-state index in [0.29, 0.717) is 0 Å². The lowest BCUT2D eigenvalue weighted by molar-refractivity contribution is 0.332. The van der Waals surface area contributed by atoms with Crippen molar-refractivity contribution in [3.05, 3.63) is 149 Å². The van der Waals surface area contributed by atoms with E-state index in [1.54, 1.807) is 0 Å². The summed E-state index contributed by atoms with van der Waals surface area (Å²) in [6.45, 7) is 33.2. The molecular formula is C59H65BN2S. The highest BCUT2D eigenvalue weighted by Gasteiger charge is 2.47. The van der Waals surface area contributed by atoms with E-state index < -0.39 is 0 Å². The Morgan fingerprint density at radius 3 is 1.71 bits per heavy atom. The number of hydrogen-bond donors (Lipinski definition) is 0. The van der Waals surface area contributed by atoms with Gasteiger partial charge in [-0.05, 0) is 151 Å². The van der Waals surface area contributed by atoms with Crippen LogP contribution < -0.4 is 25.5 Å². The molecule has 4 heteroatoms. The largest absolute Gasteiger partial charge is 0.311 e. The first-order valence-corrected chi connectivity index (χ1v) is 24.2. The third-order valence-electron chi connectivity index (χ3n) is 14.8. The molecular weight excluding hydrogens is 780 g/mol. The van der Waals surface area contributed by atoms with Crippen molar-refractivity contribution in [1.82, 2.24) is 0 Å². The molecule has 0 bridgehead atoms. The minimum absolute atomic E-state index is 0.000863. The molecule has 0 unspecified atom stereocenters. The minimum atomic E-state index is -0.0267. The van der Waals surface area contributed by atoms with Crippen LogP contribution in [0.1, 0.15) is 136 Å². The van der Waals surface area contributed by atoms with Crippen LogP contribution in [-0.2, 0) is 27.1 Å². The van der Waals surface area contributed by atoms with Crippen LogP contribution in [-0.4, -0.2) is 6.71 Å². The molecule has 0 N–H and O–H groups in total. The molecule has 320 valence electrons. The number of nitrogens with zero attached hydrogens (tertiary/aromatic N) is 2. The topological polar surface area (TPSA) is 6.48 Å². The SMILES string of the molecule is Cc1cc2c3c(c1)N(c1ccc(C(C)(C)C)cc1)c1c(sc4cc5c(cc14)C(C)(C)CCC5(C)C)B3c1ccc(C(C)(C)C)cc1N2c1ccc(C(C)(C)C)cc1-c1ccccc1. The van der Waals surface area contributed by atoms with Gasteiger partial charge in [-0.1, -0.05) is 151 Å². The molecule has 3 aliphatic rings. The van der Waals surface area contributed by atoms with Gasteiger partial charge < -0.3 is 9.80 Å². The van der Waals surface area contributed by atoms with E-state index in [2.05, 4.69) is 222 Å². The van der Waals surface area contributed by atoms with Gasteiger partial charge in [0.2, 0.25) is 0 Å². The third-order valence-corrected chi connectivity index (χ3v) is 16.0. The average Bonchev–Trinajstić information content (AvgIpc) is 3.59. The maximum atomic E-state index is 2.66. The summed E-state index contributed by atoms with van der Waals surface area (Å²) in [5.74, 6) is 0. The van der Waals surface area contributed by atoms with Crippen molar-refractivity contribution in [3.8, 4) is 11.1 Å². The van der Waals surface area contributed by atoms with Gasteiger partial charge in [0.25, 0.3) is 6.71 Å². The van der Waals surface area contributed by atoms with Gasteiger partial charge in [0, 0.05) is 43.2 Å². The van der Waals surface area contributed by atoms with Crippen LogP contribution in [0.5, 0.6) is 0 Å². The van der Waals surface area contributed by atoms with Crippen LogP contribution in [0, 0.1) is 6.92 Å². The molecule has 2 nitrogen and oxygen atoms in total. The molecule has 3 heterocycles. The zero-order valence-corrected chi connectivity index (χ0v) is 41.1. The zero-order chi connectivity index (χ0) is 44.8. The predicted octanol–water partition coefficient (Wildman–Crippen LogP) is 15.2. The number of fused-ring (bicyclic) bond motifs is 7. The molecule has 0 saturated heterocycles. The molecule has 2 aliphatic heterocycles. The van der Waals surface area contributed by atoms with Crippen LogP contribution in [0.4, 0.5) is 34.1 Å². The second kappa shape index (κ2) is 14.0. The van der Waals surface area contributed by atoms with Crippen molar-refractivity contribution >= 4 is 78.0 Å². The Kier molecular flexibility index (Phi) is 9.30. The monoisotopic (exact) mass is 844 g/mol. The Morgan fingerprint density at radius 1 is 0.540 bits per heavy atom. The van der Waals surface area contributed by atoms with Crippen LogP contribution in [0.25, 0.3) is 21.2 Å². The van der Waals surface area contributed by atoms with Crippen molar-refractivity contribution in [1.29, 1.82) is 0 Å². The van der Waals surface area contributed by atoms with Crippen molar-refractivity contribution < 1.29 is 0 Å². The van der Waals surface area contributed by atoms with E-state index in [0.717, 1.165) is 0 Å². The Labute approximate surface area is 382 Å². The first-order chi connectivity index (χ1) is 29.5. The Balaban J connectivity index is 1.33. The van der Waals surface area contributed by atoms with Crippen molar-refractivity contribution in [3.63, 3.8) is 0 Å². The van der Waals surface area contributed by atoms with Gasteiger partial charge in [-0.2, -0.15) is 0 Å². The van der Waals surface area contributed by atoms with E-state index in [1.807, 2.05) is 11.3 Å². The molecule has 6 aromatic carbocycles. The summed E-state index contributed by atoms with van der Waals surface area (Å²) in [6, 6.07) is 45.4. The van der Waals surface area contributed by atoms with Gasteiger partial charge in [0.05, 0.1) is 11.4 Å². The third kappa shape index (κ3) is 6.72. The lowest BCUT2D eigenvalue weighted by Gasteiger charge is -2.44. The van der Waals surface area contributed by atoms with Gasteiger partial charge in [-0.25, -0.2) is 0 Å². The highest BCUT2D eigenvalue weighted by molar-refractivity contribution is 7.33. The number of thiophene rings is 1. The fourth-order valence-corrected chi connectivity index (χ4v) is 12.2. The number of anilines is 6. The summed E-state index contributed by atoms with van der Waals surface area (Å²) < 4.78 is 2.84. The van der Waals surface area contributed by atoms with Crippen molar-refractivity contribution in [2.24, 2.45) is 0 Å². The summed E-state index contributed by atoms with van der Waals surface area (Å²) >= 11 is 2.04. The second-order valence-corrected chi connectivity index (χ2v) is 24.5. The summed E-state index contributed by atoms with van der Waals surface area (Å²) in [5.41, 5.74) is 21.5. The molecule has 10 rings (SSSR count). The number of rotatable bonds is 3. The first-order valence-electron chi connectivity index (χ1n) is 23.3. The van der Waals surface area contributed by atoms with Crippen LogP contribution in [0.2, 0.25) is 0 Å². The fraction of sp³-hybridized carbons (Fsp3) is 0.356. The molecule has 0 amide bonds. The molecule has 1 aliphatic carbocycles. The Bertz CT molecular complexity index is 2960. The molecule has 63 heavy (non-hydrogen) atoms. The van der Waals surface area contributed by atoms with Crippen LogP contribution >= 0.6 is 11.3 Å². The van der Waals surface area contributed by atoms with E-state index in [1.165, 1.54) is 117 Å². The summed E-state index contributed by atoms with van der Waals surface area (Å²) in [6.07, 6.45) is 2.39. The minimum Gasteiger partial charge on any atom is -0.311 e. The summed E-state index contributed by atoms with van der Waals surface area (Å²) in [7, 11) is 0. The Morgan fingerprint density at radius 2 is 1.10 bits per heavy atom. The predicted molar refractivity (Wildman–Crippen MR) is 277 cm³/mol. The first kappa shape index (κ1) is 41.9. The van der Waals surface area contributed by atoms with Gasteiger partial charge in [0.1, 0.15) is 0 Å². The lowest BCUT2D eigenvalue weighted by Crippen LogP contribution is -2.60. The molecule has 0 atom stereocenters. The molecule has 7 aromatic rings. The highest BCUT2D eigenvalue weighted by atomic mass is 32.1. The molecule has 0 radical (unpaired) electrons. The number of aryl methyl sites for hydroxylation is 1. The smallest absolute Gasteiger partial charge is 0.264 e. The number of benzene rings is 6. The zero-order valence-electron chi connectivity index (χ0n) is 40.3. The fourth-order valence-electron chi connectivity index (χ4n) is 10.8. The van der Waals surface area contributed by atoms with Crippen molar-refractivity contribution in [2.75, 3.05) is 9.80 Å². The summed E-state index contributed by atoms with van der Waals surface area (Å²) in [5, 5.41) is 1.38. The average molecular weight is 845 g/mol. The normalized spacial score (nSPS) is 16.4. The maximum Gasteiger partial charge on any atom is 0.264 e. The van der Waals surface area contributed by atoms with Gasteiger partial charge in [-0.3, -0.25) is 0 Å². The Hall–Kier alpha value is -5.06. The van der Waals surface area contributed by atoms with Crippen LogP contribution in [0.15, 0.2) is 115 Å². The van der Waals surface area contributed by atoms with E-state index >= 15 is 0 Å². The van der Waals surface area contributed by atoms with Gasteiger partial charge in [0.15, 0.2) is 0 Å². The summed E-state index contributed by atoms with van der Waals surface area (Å²) in [4.78, 5) is 5.30. The van der Waals surface area contributed by atoms with E-state index in [9.17, 15) is 0 Å².